The van der Waals surface area contributed by atoms with Crippen LogP contribution >= 0.6 is 23.2 Å². The fourth-order valence-electron chi connectivity index (χ4n) is 2.86. The summed E-state index contributed by atoms with van der Waals surface area (Å²) in [5, 5.41) is 7.38. The van der Waals surface area contributed by atoms with E-state index in [4.69, 9.17) is 23.2 Å². The van der Waals surface area contributed by atoms with E-state index in [-0.39, 0.29) is 11.3 Å². The van der Waals surface area contributed by atoms with Crippen LogP contribution < -0.4 is 10.6 Å². The van der Waals surface area contributed by atoms with Gasteiger partial charge in [-0.25, -0.2) is 0 Å². The van der Waals surface area contributed by atoms with E-state index in [0.29, 0.717) is 23.0 Å². The highest BCUT2D eigenvalue weighted by molar-refractivity contribution is 6.42. The van der Waals surface area contributed by atoms with E-state index in [1.165, 1.54) is 0 Å². The van der Waals surface area contributed by atoms with Gasteiger partial charge >= 0.3 is 0 Å². The standard InChI is InChI=1S/C15H20Cl2N2O/c1-2-19-14(20)9-15(6-3-7-18-10-15)11-4-5-12(16)13(17)8-11/h4-5,8,18H,2-3,6-7,9-10H2,1H3,(H,19,20)/t15-/m1/s1. The lowest BCUT2D eigenvalue weighted by atomic mass is 9.72. The van der Waals surface area contributed by atoms with Crippen LogP contribution in [0.5, 0.6) is 0 Å². The van der Waals surface area contributed by atoms with Gasteiger partial charge in [-0.05, 0) is 44.0 Å². The Morgan fingerprint density at radius 3 is 2.80 bits per heavy atom. The normalized spacial score (nSPS) is 22.6. The Morgan fingerprint density at radius 2 is 2.20 bits per heavy atom. The van der Waals surface area contributed by atoms with Crippen LogP contribution in [0.4, 0.5) is 0 Å². The molecule has 20 heavy (non-hydrogen) atoms. The van der Waals surface area contributed by atoms with Crippen LogP contribution in [0.2, 0.25) is 10.0 Å². The number of rotatable bonds is 4. The molecule has 3 nitrogen and oxygen atoms in total. The van der Waals surface area contributed by atoms with Crippen molar-refractivity contribution < 1.29 is 4.79 Å². The number of nitrogens with one attached hydrogen (secondary N) is 2. The van der Waals surface area contributed by atoms with Crippen molar-refractivity contribution in [3.63, 3.8) is 0 Å². The van der Waals surface area contributed by atoms with Crippen LogP contribution in [-0.4, -0.2) is 25.5 Å². The molecule has 0 aliphatic carbocycles. The summed E-state index contributed by atoms with van der Waals surface area (Å²) in [5.74, 6) is 0.0854. The van der Waals surface area contributed by atoms with Gasteiger partial charge in [-0.2, -0.15) is 0 Å². The minimum Gasteiger partial charge on any atom is -0.356 e. The van der Waals surface area contributed by atoms with Gasteiger partial charge in [0.2, 0.25) is 5.91 Å². The zero-order valence-electron chi connectivity index (χ0n) is 11.6. The number of carbonyl (C=O) groups excluding carboxylic acids is 1. The Balaban J connectivity index is 2.30. The minimum atomic E-state index is -0.189. The predicted octanol–water partition coefficient (Wildman–Crippen LogP) is 3.14. The van der Waals surface area contributed by atoms with Gasteiger partial charge in [-0.3, -0.25) is 4.79 Å². The van der Waals surface area contributed by atoms with E-state index in [2.05, 4.69) is 10.6 Å². The lowest BCUT2D eigenvalue weighted by molar-refractivity contribution is -0.122. The van der Waals surface area contributed by atoms with Crippen molar-refractivity contribution >= 4 is 29.1 Å². The van der Waals surface area contributed by atoms with Crippen LogP contribution in [-0.2, 0) is 10.2 Å². The van der Waals surface area contributed by atoms with E-state index in [9.17, 15) is 4.79 Å². The fourth-order valence-corrected chi connectivity index (χ4v) is 3.16. The molecule has 1 aromatic carbocycles. The average Bonchev–Trinajstić information content (AvgIpc) is 2.43. The molecule has 2 rings (SSSR count). The smallest absolute Gasteiger partial charge is 0.220 e. The third-order valence-corrected chi connectivity index (χ3v) is 4.62. The zero-order chi connectivity index (χ0) is 14.6. The summed E-state index contributed by atoms with van der Waals surface area (Å²) < 4.78 is 0. The molecule has 1 saturated heterocycles. The van der Waals surface area contributed by atoms with Gasteiger partial charge in [0.25, 0.3) is 0 Å². The molecule has 1 atom stereocenters. The first kappa shape index (κ1) is 15.6. The molecule has 0 spiro atoms. The average molecular weight is 315 g/mol. The van der Waals surface area contributed by atoms with Crippen molar-refractivity contribution in [2.24, 2.45) is 0 Å². The maximum absolute atomic E-state index is 12.0. The highest BCUT2D eigenvalue weighted by atomic mass is 35.5. The summed E-state index contributed by atoms with van der Waals surface area (Å²) in [6.45, 7) is 4.38. The van der Waals surface area contributed by atoms with Gasteiger partial charge in [0.05, 0.1) is 10.0 Å². The molecule has 1 heterocycles. The molecule has 0 unspecified atom stereocenters. The summed E-state index contributed by atoms with van der Waals surface area (Å²) in [4.78, 5) is 12.0. The molecule has 0 radical (unpaired) electrons. The summed E-state index contributed by atoms with van der Waals surface area (Å²) in [5.41, 5.74) is 0.900. The molecular weight excluding hydrogens is 295 g/mol. The van der Waals surface area contributed by atoms with Gasteiger partial charge in [0.15, 0.2) is 0 Å². The van der Waals surface area contributed by atoms with E-state index in [1.807, 2.05) is 25.1 Å². The second-order valence-corrected chi connectivity index (χ2v) is 6.13. The van der Waals surface area contributed by atoms with Gasteiger partial charge < -0.3 is 10.6 Å². The number of hydrogen-bond acceptors (Lipinski definition) is 2. The second-order valence-electron chi connectivity index (χ2n) is 5.32. The van der Waals surface area contributed by atoms with Crippen molar-refractivity contribution in [3.05, 3.63) is 33.8 Å². The molecule has 1 aliphatic heterocycles. The highest BCUT2D eigenvalue weighted by Gasteiger charge is 2.36. The molecular formula is C15H20Cl2N2O. The van der Waals surface area contributed by atoms with Crippen LogP contribution in [0.1, 0.15) is 31.7 Å². The number of piperidine rings is 1. The Labute approximate surface area is 130 Å². The number of benzene rings is 1. The van der Waals surface area contributed by atoms with E-state index in [1.54, 1.807) is 0 Å². The maximum Gasteiger partial charge on any atom is 0.220 e. The monoisotopic (exact) mass is 314 g/mol. The van der Waals surface area contributed by atoms with Crippen LogP contribution in [0.3, 0.4) is 0 Å². The first-order valence-corrected chi connectivity index (χ1v) is 7.76. The summed E-state index contributed by atoms with van der Waals surface area (Å²) in [6, 6.07) is 5.70. The number of hydrogen-bond donors (Lipinski definition) is 2. The molecule has 5 heteroatoms. The topological polar surface area (TPSA) is 41.1 Å². The molecule has 1 aromatic rings. The SMILES string of the molecule is CCNC(=O)C[C@]1(c2ccc(Cl)c(Cl)c2)CCCNC1. The van der Waals surface area contributed by atoms with Crippen molar-refractivity contribution in [2.75, 3.05) is 19.6 Å². The molecule has 1 aliphatic rings. The first-order chi connectivity index (χ1) is 9.57. The summed E-state index contributed by atoms with van der Waals surface area (Å²) >= 11 is 12.1. The predicted molar refractivity (Wildman–Crippen MR) is 83.5 cm³/mol. The van der Waals surface area contributed by atoms with Crippen molar-refractivity contribution in [1.29, 1.82) is 0 Å². The molecule has 2 N–H and O–H groups in total. The summed E-state index contributed by atoms with van der Waals surface area (Å²) in [6.07, 6.45) is 2.51. The van der Waals surface area contributed by atoms with Crippen molar-refractivity contribution in [2.45, 2.75) is 31.6 Å². The molecule has 0 bridgehead atoms. The van der Waals surface area contributed by atoms with Crippen molar-refractivity contribution in [1.82, 2.24) is 10.6 Å². The fraction of sp³-hybridized carbons (Fsp3) is 0.533. The molecule has 110 valence electrons. The number of halogens is 2. The van der Waals surface area contributed by atoms with Crippen LogP contribution in [0.15, 0.2) is 18.2 Å². The second kappa shape index (κ2) is 6.79. The van der Waals surface area contributed by atoms with Gasteiger partial charge in [-0.1, -0.05) is 29.3 Å². The highest BCUT2D eigenvalue weighted by Crippen LogP contribution is 2.37. The van der Waals surface area contributed by atoms with Gasteiger partial charge in [0.1, 0.15) is 0 Å². The minimum absolute atomic E-state index is 0.0854. The maximum atomic E-state index is 12.0. The van der Waals surface area contributed by atoms with Gasteiger partial charge in [0, 0.05) is 24.9 Å². The third kappa shape index (κ3) is 3.46. The Hall–Kier alpha value is -0.770. The van der Waals surface area contributed by atoms with Crippen molar-refractivity contribution in [3.8, 4) is 0 Å². The molecule has 0 aromatic heterocycles. The largest absolute Gasteiger partial charge is 0.356 e. The van der Waals surface area contributed by atoms with Crippen LogP contribution in [0, 0.1) is 0 Å². The van der Waals surface area contributed by atoms with E-state index >= 15 is 0 Å². The molecule has 1 amide bonds. The third-order valence-electron chi connectivity index (χ3n) is 3.88. The zero-order valence-corrected chi connectivity index (χ0v) is 13.2. The lowest BCUT2D eigenvalue weighted by Gasteiger charge is -2.38. The first-order valence-electron chi connectivity index (χ1n) is 7.00. The quantitative estimate of drug-likeness (QED) is 0.896. The molecule has 1 fully saturated rings. The van der Waals surface area contributed by atoms with Gasteiger partial charge in [-0.15, -0.1) is 0 Å². The Morgan fingerprint density at radius 1 is 1.40 bits per heavy atom. The number of carbonyl (C=O) groups is 1. The Kier molecular flexibility index (Phi) is 5.30. The van der Waals surface area contributed by atoms with E-state index in [0.717, 1.165) is 31.5 Å². The summed E-state index contributed by atoms with van der Waals surface area (Å²) in [7, 11) is 0. The Bertz CT molecular complexity index is 485. The number of amides is 1. The molecule has 0 saturated carbocycles. The van der Waals surface area contributed by atoms with E-state index < -0.39 is 0 Å². The lowest BCUT2D eigenvalue weighted by Crippen LogP contribution is -2.46. The van der Waals surface area contributed by atoms with Crippen LogP contribution in [0.25, 0.3) is 0 Å².